The minimum atomic E-state index is -0.0807. The van der Waals surface area contributed by atoms with Crippen molar-refractivity contribution in [1.29, 1.82) is 0 Å². The molecule has 2 saturated heterocycles. The van der Waals surface area contributed by atoms with Crippen molar-refractivity contribution in [3.05, 3.63) is 64.7 Å². The average molecular weight is 404 g/mol. The molecule has 0 aromatic heterocycles. The molecule has 2 unspecified atom stereocenters. The Hall–Kier alpha value is -2.63. The monoisotopic (exact) mass is 403 g/mol. The van der Waals surface area contributed by atoms with Crippen molar-refractivity contribution in [3.8, 4) is 11.5 Å². The molecule has 2 fully saturated rings. The summed E-state index contributed by atoms with van der Waals surface area (Å²) in [4.78, 5) is 15.0. The molecular weight excluding hydrogens is 374 g/mol. The largest absolute Gasteiger partial charge is 0.455 e. The summed E-state index contributed by atoms with van der Waals surface area (Å²) in [6.45, 7) is 1.41. The number of benzene rings is 2. The summed E-state index contributed by atoms with van der Waals surface area (Å²) in [6, 6.07) is 15.3. The summed E-state index contributed by atoms with van der Waals surface area (Å²) >= 11 is 0. The van der Waals surface area contributed by atoms with Gasteiger partial charge in [0, 0.05) is 36.3 Å². The number of nitrogens with zero attached hydrogens (tertiary/aromatic N) is 1. The van der Waals surface area contributed by atoms with Crippen LogP contribution in [0, 0.1) is 0 Å². The minimum absolute atomic E-state index is 0.0807. The summed E-state index contributed by atoms with van der Waals surface area (Å²) in [7, 11) is 4.00. The summed E-state index contributed by atoms with van der Waals surface area (Å²) in [5.41, 5.74) is 5.56. The first-order chi connectivity index (χ1) is 14.6. The maximum atomic E-state index is 13.0. The predicted molar refractivity (Wildman–Crippen MR) is 119 cm³/mol. The molecular formula is C25H29N3O2. The van der Waals surface area contributed by atoms with E-state index in [0.29, 0.717) is 29.9 Å². The summed E-state index contributed by atoms with van der Waals surface area (Å²) in [6.07, 6.45) is 4.64. The Morgan fingerprint density at radius 2 is 1.80 bits per heavy atom. The molecule has 2 aromatic rings. The van der Waals surface area contributed by atoms with Gasteiger partial charge in [0.15, 0.2) is 0 Å². The number of hydrogen-bond acceptors (Lipinski definition) is 4. The third kappa shape index (κ3) is 3.53. The molecule has 0 spiro atoms. The van der Waals surface area contributed by atoms with E-state index in [0.717, 1.165) is 36.3 Å². The van der Waals surface area contributed by atoms with E-state index >= 15 is 0 Å². The van der Waals surface area contributed by atoms with Crippen molar-refractivity contribution in [1.82, 2.24) is 15.5 Å². The van der Waals surface area contributed by atoms with Gasteiger partial charge in [-0.3, -0.25) is 4.79 Å². The summed E-state index contributed by atoms with van der Waals surface area (Å²) < 4.78 is 6.33. The Morgan fingerprint density at radius 3 is 2.57 bits per heavy atom. The number of ether oxygens (including phenoxy) is 1. The second-order valence-electron chi connectivity index (χ2n) is 8.86. The zero-order chi connectivity index (χ0) is 20.7. The molecule has 0 saturated carbocycles. The average Bonchev–Trinajstić information content (AvgIpc) is 3.08. The van der Waals surface area contributed by atoms with Crippen LogP contribution in [0.4, 0.5) is 0 Å². The number of amides is 1. The molecule has 3 aliphatic heterocycles. The highest BCUT2D eigenvalue weighted by Gasteiger charge is 2.35. The fourth-order valence-electron chi connectivity index (χ4n) is 5.02. The van der Waals surface area contributed by atoms with Crippen LogP contribution in [0.2, 0.25) is 0 Å². The Kier molecular flexibility index (Phi) is 5.09. The lowest BCUT2D eigenvalue weighted by molar-refractivity contribution is 0.0948. The van der Waals surface area contributed by atoms with E-state index < -0.39 is 0 Å². The van der Waals surface area contributed by atoms with Crippen LogP contribution in [0.15, 0.2) is 48.0 Å². The Morgan fingerprint density at radius 1 is 1.07 bits per heavy atom. The lowest BCUT2D eigenvalue weighted by atomic mass is 9.84. The minimum Gasteiger partial charge on any atom is -0.455 e. The van der Waals surface area contributed by atoms with Crippen molar-refractivity contribution in [2.24, 2.45) is 0 Å². The molecule has 30 heavy (non-hydrogen) atoms. The Labute approximate surface area is 178 Å². The third-order valence-corrected chi connectivity index (χ3v) is 6.42. The lowest BCUT2D eigenvalue weighted by Crippen LogP contribution is -2.35. The molecule has 5 heteroatoms. The fraction of sp³-hybridized carbons (Fsp3) is 0.400. The Bertz CT molecular complexity index is 997. The van der Waals surface area contributed by atoms with Crippen LogP contribution in [0.25, 0.3) is 5.57 Å². The molecule has 3 heterocycles. The normalized spacial score (nSPS) is 21.8. The number of hydrogen-bond donors (Lipinski definition) is 2. The number of carbonyl (C=O) groups excluding carboxylic acids is 1. The smallest absolute Gasteiger partial charge is 0.255 e. The first-order valence-electron chi connectivity index (χ1n) is 10.9. The van der Waals surface area contributed by atoms with Gasteiger partial charge >= 0.3 is 0 Å². The molecule has 5 nitrogen and oxygen atoms in total. The van der Waals surface area contributed by atoms with Gasteiger partial charge < -0.3 is 20.3 Å². The van der Waals surface area contributed by atoms with E-state index in [-0.39, 0.29) is 5.91 Å². The molecule has 5 rings (SSSR count). The van der Waals surface area contributed by atoms with Gasteiger partial charge in [0.2, 0.25) is 0 Å². The Balaban J connectivity index is 1.57. The molecule has 2 bridgehead atoms. The van der Waals surface area contributed by atoms with E-state index in [9.17, 15) is 4.79 Å². The van der Waals surface area contributed by atoms with Crippen LogP contribution in [-0.4, -0.2) is 50.1 Å². The quantitative estimate of drug-likeness (QED) is 0.696. The maximum absolute atomic E-state index is 13.0. The molecule has 3 aliphatic rings. The number of piperidine rings is 1. The molecule has 2 atom stereocenters. The van der Waals surface area contributed by atoms with Gasteiger partial charge in [0.05, 0.1) is 5.56 Å². The number of likely N-dealkylation sites (N-methyl/N-ethyl adjacent to an activating group) is 1. The van der Waals surface area contributed by atoms with Crippen LogP contribution < -0.4 is 15.4 Å². The van der Waals surface area contributed by atoms with Gasteiger partial charge in [-0.05, 0) is 57.5 Å². The second-order valence-corrected chi connectivity index (χ2v) is 8.86. The number of fused-ring (bicyclic) bond motifs is 4. The van der Waals surface area contributed by atoms with Crippen molar-refractivity contribution in [3.63, 3.8) is 0 Å². The van der Waals surface area contributed by atoms with Crippen molar-refractivity contribution >= 4 is 11.5 Å². The molecule has 0 aliphatic carbocycles. The SMILES string of the molecule is CN(C)CCNC(=O)c1cccc2c1Oc1ccccc1C2=C1CC2CCC(C1)N2. The van der Waals surface area contributed by atoms with E-state index in [2.05, 4.69) is 33.7 Å². The highest BCUT2D eigenvalue weighted by Crippen LogP contribution is 2.49. The van der Waals surface area contributed by atoms with Crippen LogP contribution in [0.1, 0.15) is 47.2 Å². The second kappa shape index (κ2) is 7.89. The van der Waals surface area contributed by atoms with Gasteiger partial charge in [-0.2, -0.15) is 0 Å². The maximum Gasteiger partial charge on any atom is 0.255 e. The first kappa shape index (κ1) is 19.3. The highest BCUT2D eigenvalue weighted by atomic mass is 16.5. The van der Waals surface area contributed by atoms with E-state index in [1.807, 2.05) is 38.4 Å². The van der Waals surface area contributed by atoms with Gasteiger partial charge in [-0.1, -0.05) is 35.9 Å². The van der Waals surface area contributed by atoms with Gasteiger partial charge in [-0.15, -0.1) is 0 Å². The van der Waals surface area contributed by atoms with Gasteiger partial charge in [0.25, 0.3) is 5.91 Å². The van der Waals surface area contributed by atoms with E-state index in [4.69, 9.17) is 4.74 Å². The lowest BCUT2D eigenvalue weighted by Gasteiger charge is -2.31. The van der Waals surface area contributed by atoms with Crippen LogP contribution in [0.3, 0.4) is 0 Å². The predicted octanol–water partition coefficient (Wildman–Crippen LogP) is 3.80. The van der Waals surface area contributed by atoms with Crippen LogP contribution in [-0.2, 0) is 0 Å². The van der Waals surface area contributed by atoms with Gasteiger partial charge in [0.1, 0.15) is 11.5 Å². The van der Waals surface area contributed by atoms with E-state index in [1.54, 1.807) is 0 Å². The fourth-order valence-corrected chi connectivity index (χ4v) is 5.02. The molecule has 2 aromatic carbocycles. The first-order valence-corrected chi connectivity index (χ1v) is 10.9. The topological polar surface area (TPSA) is 53.6 Å². The molecule has 1 amide bonds. The van der Waals surface area contributed by atoms with E-state index in [1.165, 1.54) is 24.0 Å². The zero-order valence-corrected chi connectivity index (χ0v) is 17.7. The molecule has 2 N–H and O–H groups in total. The molecule has 156 valence electrons. The van der Waals surface area contributed by atoms with Crippen molar-refractivity contribution in [2.45, 2.75) is 37.8 Å². The van der Waals surface area contributed by atoms with Crippen molar-refractivity contribution in [2.75, 3.05) is 27.2 Å². The van der Waals surface area contributed by atoms with Crippen LogP contribution in [0.5, 0.6) is 11.5 Å². The zero-order valence-electron chi connectivity index (χ0n) is 17.7. The standard InChI is InChI=1S/C25H29N3O2/c1-28(2)13-12-26-25(29)21-8-5-7-20-23(16-14-17-10-11-18(15-16)27-17)19-6-3-4-9-22(19)30-24(20)21/h3-9,17-18,27H,10-15H2,1-2H3,(H,26,29). The number of carbonyl (C=O) groups is 1. The van der Waals surface area contributed by atoms with Gasteiger partial charge in [-0.25, -0.2) is 0 Å². The number of rotatable bonds is 4. The number of nitrogens with one attached hydrogen (secondary N) is 2. The van der Waals surface area contributed by atoms with Crippen molar-refractivity contribution < 1.29 is 9.53 Å². The molecule has 0 radical (unpaired) electrons. The van der Waals surface area contributed by atoms with Crippen LogP contribution >= 0.6 is 0 Å². The third-order valence-electron chi connectivity index (χ3n) is 6.42. The number of para-hydroxylation sites is 2. The summed E-state index contributed by atoms with van der Waals surface area (Å²) in [5.74, 6) is 1.45. The highest BCUT2D eigenvalue weighted by molar-refractivity contribution is 6.01. The summed E-state index contributed by atoms with van der Waals surface area (Å²) in [5, 5.41) is 6.77.